The third kappa shape index (κ3) is 1.80. The zero-order valence-corrected chi connectivity index (χ0v) is 7.80. The predicted molar refractivity (Wildman–Crippen MR) is 53.5 cm³/mol. The van der Waals surface area contributed by atoms with Crippen LogP contribution in [0, 0.1) is 0 Å². The van der Waals surface area contributed by atoms with Crippen LogP contribution in [0.4, 0.5) is 0 Å². The minimum atomic E-state index is 0.560. The molecule has 4 nitrogen and oxygen atoms in total. The fourth-order valence-electron chi connectivity index (χ4n) is 1.40. The third-order valence-corrected chi connectivity index (χ3v) is 2.14. The van der Waals surface area contributed by atoms with Gasteiger partial charge in [-0.1, -0.05) is 24.3 Å². The number of benzene rings is 1. The normalized spacial score (nSPS) is 10.4. The summed E-state index contributed by atoms with van der Waals surface area (Å²) < 4.78 is 1.79. The molecule has 1 heterocycles. The van der Waals surface area contributed by atoms with E-state index in [0.717, 1.165) is 12.1 Å². The molecule has 4 heteroatoms. The van der Waals surface area contributed by atoms with E-state index < -0.39 is 0 Å². The van der Waals surface area contributed by atoms with Crippen LogP contribution in [0.5, 0.6) is 0 Å². The second kappa shape index (κ2) is 4.02. The molecule has 0 aliphatic carbocycles. The van der Waals surface area contributed by atoms with Crippen LogP contribution in [0.1, 0.15) is 11.1 Å². The van der Waals surface area contributed by atoms with Crippen molar-refractivity contribution in [1.82, 2.24) is 14.8 Å². The number of hydrogen-bond acceptors (Lipinski definition) is 3. The van der Waals surface area contributed by atoms with E-state index in [-0.39, 0.29) is 0 Å². The first-order valence-electron chi connectivity index (χ1n) is 4.49. The fourth-order valence-corrected chi connectivity index (χ4v) is 1.40. The van der Waals surface area contributed by atoms with Crippen LogP contribution >= 0.6 is 0 Å². The van der Waals surface area contributed by atoms with Crippen molar-refractivity contribution in [3.05, 3.63) is 48.0 Å². The zero-order valence-electron chi connectivity index (χ0n) is 7.80. The average Bonchev–Trinajstić information content (AvgIpc) is 2.71. The molecule has 2 N–H and O–H groups in total. The second-order valence-corrected chi connectivity index (χ2v) is 3.07. The molecule has 2 rings (SSSR count). The molecule has 0 aliphatic rings. The molecule has 0 unspecified atom stereocenters. The molecule has 72 valence electrons. The number of rotatable bonds is 3. The largest absolute Gasteiger partial charge is 0.326 e. The highest BCUT2D eigenvalue weighted by atomic mass is 15.3. The van der Waals surface area contributed by atoms with Gasteiger partial charge in [-0.3, -0.25) is 0 Å². The van der Waals surface area contributed by atoms with E-state index >= 15 is 0 Å². The quantitative estimate of drug-likeness (QED) is 0.774. The molecule has 0 spiro atoms. The van der Waals surface area contributed by atoms with Crippen molar-refractivity contribution >= 4 is 0 Å². The Morgan fingerprint density at radius 1 is 1.21 bits per heavy atom. The van der Waals surface area contributed by atoms with Gasteiger partial charge >= 0.3 is 0 Å². The van der Waals surface area contributed by atoms with Gasteiger partial charge < -0.3 is 5.73 Å². The lowest BCUT2D eigenvalue weighted by Crippen LogP contribution is -2.06. The zero-order chi connectivity index (χ0) is 9.80. The second-order valence-electron chi connectivity index (χ2n) is 3.07. The summed E-state index contributed by atoms with van der Waals surface area (Å²) in [5.41, 5.74) is 7.98. The number of aromatic nitrogens is 3. The van der Waals surface area contributed by atoms with E-state index in [1.807, 2.05) is 18.2 Å². The highest BCUT2D eigenvalue weighted by Crippen LogP contribution is 2.08. The molecule has 0 aliphatic heterocycles. The first-order chi connectivity index (χ1) is 6.90. The first-order valence-corrected chi connectivity index (χ1v) is 4.49. The lowest BCUT2D eigenvalue weighted by Gasteiger charge is -2.06. The highest BCUT2D eigenvalue weighted by molar-refractivity contribution is 5.26. The molecule has 2 aromatic rings. The third-order valence-electron chi connectivity index (χ3n) is 2.14. The van der Waals surface area contributed by atoms with Crippen LogP contribution in [0.2, 0.25) is 0 Å². The van der Waals surface area contributed by atoms with E-state index in [4.69, 9.17) is 5.73 Å². The van der Waals surface area contributed by atoms with Crippen LogP contribution in [0.15, 0.2) is 36.9 Å². The Hall–Kier alpha value is -1.68. The molecule has 1 aromatic carbocycles. The van der Waals surface area contributed by atoms with Crippen molar-refractivity contribution in [1.29, 1.82) is 0 Å². The first kappa shape index (κ1) is 8.90. The van der Waals surface area contributed by atoms with Crippen molar-refractivity contribution < 1.29 is 0 Å². The SMILES string of the molecule is NCc1ccccc1Cn1cncn1. The van der Waals surface area contributed by atoms with Gasteiger partial charge in [-0.15, -0.1) is 0 Å². The van der Waals surface area contributed by atoms with Gasteiger partial charge in [0.2, 0.25) is 0 Å². The number of hydrogen-bond donors (Lipinski definition) is 1. The van der Waals surface area contributed by atoms with Crippen molar-refractivity contribution in [3.8, 4) is 0 Å². The Bertz CT molecular complexity index is 394. The minimum Gasteiger partial charge on any atom is -0.326 e. The fraction of sp³-hybridized carbons (Fsp3) is 0.200. The maximum Gasteiger partial charge on any atom is 0.137 e. The molecule has 0 atom stereocenters. The van der Waals surface area contributed by atoms with Crippen molar-refractivity contribution in [2.24, 2.45) is 5.73 Å². The monoisotopic (exact) mass is 188 g/mol. The van der Waals surface area contributed by atoms with Crippen LogP contribution in [-0.4, -0.2) is 14.8 Å². The van der Waals surface area contributed by atoms with Crippen molar-refractivity contribution in [3.63, 3.8) is 0 Å². The van der Waals surface area contributed by atoms with Crippen LogP contribution in [-0.2, 0) is 13.1 Å². The van der Waals surface area contributed by atoms with E-state index in [2.05, 4.69) is 16.1 Å². The summed E-state index contributed by atoms with van der Waals surface area (Å²) in [5, 5.41) is 4.05. The van der Waals surface area contributed by atoms with E-state index in [1.165, 1.54) is 11.9 Å². The molecule has 0 fully saturated rings. The summed E-state index contributed by atoms with van der Waals surface area (Å²) >= 11 is 0. The number of nitrogens with two attached hydrogens (primary N) is 1. The van der Waals surface area contributed by atoms with Gasteiger partial charge in [-0.2, -0.15) is 5.10 Å². The summed E-state index contributed by atoms with van der Waals surface area (Å²) in [5.74, 6) is 0. The Balaban J connectivity index is 2.24. The predicted octanol–water partition coefficient (Wildman–Crippen LogP) is 0.785. The summed E-state index contributed by atoms with van der Waals surface area (Å²) in [7, 11) is 0. The van der Waals surface area contributed by atoms with E-state index in [9.17, 15) is 0 Å². The van der Waals surface area contributed by atoms with Gasteiger partial charge in [-0.25, -0.2) is 9.67 Å². The molecule has 14 heavy (non-hydrogen) atoms. The van der Waals surface area contributed by atoms with Crippen LogP contribution in [0.25, 0.3) is 0 Å². The molecule has 0 bridgehead atoms. The van der Waals surface area contributed by atoms with E-state index in [0.29, 0.717) is 6.54 Å². The maximum atomic E-state index is 5.63. The Morgan fingerprint density at radius 2 is 2.00 bits per heavy atom. The number of nitrogens with zero attached hydrogens (tertiary/aromatic N) is 3. The smallest absolute Gasteiger partial charge is 0.137 e. The molecule has 1 aromatic heterocycles. The molecule has 0 amide bonds. The standard InChI is InChI=1S/C10H12N4/c11-5-9-3-1-2-4-10(9)6-14-8-12-7-13-14/h1-4,7-8H,5-6,11H2. The van der Waals surface area contributed by atoms with Crippen molar-refractivity contribution in [2.75, 3.05) is 0 Å². The summed E-state index contributed by atoms with van der Waals surface area (Å²) in [4.78, 5) is 3.89. The van der Waals surface area contributed by atoms with Gasteiger partial charge in [0, 0.05) is 6.54 Å². The lowest BCUT2D eigenvalue weighted by atomic mass is 10.1. The minimum absolute atomic E-state index is 0.560. The van der Waals surface area contributed by atoms with Gasteiger partial charge in [0.15, 0.2) is 0 Å². The van der Waals surface area contributed by atoms with Gasteiger partial charge in [0.1, 0.15) is 12.7 Å². The molecule has 0 saturated carbocycles. The van der Waals surface area contributed by atoms with E-state index in [1.54, 1.807) is 11.0 Å². The topological polar surface area (TPSA) is 56.7 Å². The van der Waals surface area contributed by atoms with Crippen LogP contribution < -0.4 is 5.73 Å². The summed E-state index contributed by atoms with van der Waals surface area (Å²) in [6, 6.07) is 8.09. The Morgan fingerprint density at radius 3 is 2.64 bits per heavy atom. The van der Waals surface area contributed by atoms with Gasteiger partial charge in [0.25, 0.3) is 0 Å². The molecule has 0 radical (unpaired) electrons. The molecule has 0 saturated heterocycles. The Kier molecular flexibility index (Phi) is 2.55. The molecular weight excluding hydrogens is 176 g/mol. The maximum absolute atomic E-state index is 5.63. The Labute approximate surface area is 82.4 Å². The average molecular weight is 188 g/mol. The highest BCUT2D eigenvalue weighted by Gasteiger charge is 2.00. The van der Waals surface area contributed by atoms with Crippen molar-refractivity contribution in [2.45, 2.75) is 13.1 Å². The summed E-state index contributed by atoms with van der Waals surface area (Å²) in [6.45, 7) is 1.29. The molecular formula is C10H12N4. The summed E-state index contributed by atoms with van der Waals surface area (Å²) in [6.07, 6.45) is 3.23. The van der Waals surface area contributed by atoms with Crippen LogP contribution in [0.3, 0.4) is 0 Å². The van der Waals surface area contributed by atoms with Gasteiger partial charge in [-0.05, 0) is 11.1 Å². The van der Waals surface area contributed by atoms with Gasteiger partial charge in [0.05, 0.1) is 6.54 Å². The lowest BCUT2D eigenvalue weighted by molar-refractivity contribution is 0.679.